The molecular formula is C19H21N3O5S. The number of aryl methyl sites for hydroxylation is 2. The molecule has 0 aliphatic heterocycles. The number of aliphatic hydroxyl groups excluding tert-OH is 1. The van der Waals surface area contributed by atoms with Crippen molar-refractivity contribution in [3.8, 4) is 5.75 Å². The first-order valence-corrected chi connectivity index (χ1v) is 9.41. The summed E-state index contributed by atoms with van der Waals surface area (Å²) in [5, 5.41) is 12.5. The quantitative estimate of drug-likeness (QED) is 0.554. The van der Waals surface area contributed by atoms with E-state index in [0.717, 1.165) is 10.6 Å². The molecule has 0 spiro atoms. The first-order valence-electron chi connectivity index (χ1n) is 8.53. The van der Waals surface area contributed by atoms with Crippen LogP contribution < -0.4 is 15.8 Å². The molecule has 2 amide bonds. The van der Waals surface area contributed by atoms with E-state index in [1.165, 1.54) is 18.3 Å². The van der Waals surface area contributed by atoms with Crippen molar-refractivity contribution in [1.82, 2.24) is 10.3 Å². The van der Waals surface area contributed by atoms with E-state index < -0.39 is 24.0 Å². The van der Waals surface area contributed by atoms with Crippen LogP contribution in [0.1, 0.15) is 33.6 Å². The Morgan fingerprint density at radius 2 is 2.14 bits per heavy atom. The number of aliphatic hydroxyl groups is 1. The van der Waals surface area contributed by atoms with E-state index in [1.807, 2.05) is 6.92 Å². The normalized spacial score (nSPS) is 13.3. The van der Waals surface area contributed by atoms with Crippen molar-refractivity contribution in [2.45, 2.75) is 32.9 Å². The van der Waals surface area contributed by atoms with Crippen LogP contribution in [-0.2, 0) is 11.4 Å². The summed E-state index contributed by atoms with van der Waals surface area (Å²) in [6, 6.07) is 5.18. The predicted molar refractivity (Wildman–Crippen MR) is 104 cm³/mol. The van der Waals surface area contributed by atoms with Crippen LogP contribution in [0.25, 0.3) is 11.0 Å². The van der Waals surface area contributed by atoms with Gasteiger partial charge in [-0.15, -0.1) is 11.3 Å². The highest BCUT2D eigenvalue weighted by Crippen LogP contribution is 2.30. The number of amides is 2. The highest BCUT2D eigenvalue weighted by Gasteiger charge is 2.34. The van der Waals surface area contributed by atoms with Gasteiger partial charge in [0.05, 0.1) is 28.3 Å². The molecule has 2 aromatic heterocycles. The Morgan fingerprint density at radius 1 is 1.39 bits per heavy atom. The molecule has 0 aliphatic carbocycles. The highest BCUT2D eigenvalue weighted by molar-refractivity contribution is 7.09. The number of hydrogen-bond donors (Lipinski definition) is 3. The number of aromatic nitrogens is 1. The maximum atomic E-state index is 12.8. The van der Waals surface area contributed by atoms with Crippen LogP contribution in [0, 0.1) is 13.8 Å². The molecule has 1 unspecified atom stereocenters. The van der Waals surface area contributed by atoms with Crippen molar-refractivity contribution < 1.29 is 23.8 Å². The van der Waals surface area contributed by atoms with E-state index in [0.29, 0.717) is 29.1 Å². The van der Waals surface area contributed by atoms with Crippen LogP contribution in [-0.4, -0.2) is 34.1 Å². The fraction of sp³-hybridized carbons (Fsp3) is 0.316. The number of benzene rings is 1. The minimum atomic E-state index is -1.58. The number of primary amides is 1. The van der Waals surface area contributed by atoms with E-state index in [9.17, 15) is 14.7 Å². The second-order valence-corrected chi connectivity index (χ2v) is 7.59. The molecule has 3 aromatic rings. The van der Waals surface area contributed by atoms with Gasteiger partial charge in [-0.3, -0.25) is 9.59 Å². The summed E-state index contributed by atoms with van der Waals surface area (Å²) in [7, 11) is 0. The maximum Gasteiger partial charge on any atom is 0.256 e. The fourth-order valence-corrected chi connectivity index (χ4v) is 3.37. The van der Waals surface area contributed by atoms with Crippen molar-refractivity contribution in [1.29, 1.82) is 0 Å². The Hall–Kier alpha value is -2.91. The number of nitrogens with two attached hydrogens (primary N) is 1. The van der Waals surface area contributed by atoms with E-state index in [4.69, 9.17) is 14.9 Å². The standard InChI is InChI=1S/C19H21N3O5S/c1-10-15(28-9-21-10)7-26-12-4-5-14-13(6-12)16(11(2)27-14)17(24)22-19(3,8-23)18(20)25/h4-6,9,23H,7-8H2,1-3H3,(H2,20,25)(H,22,24). The molecule has 3 rings (SSSR count). The van der Waals surface area contributed by atoms with Crippen LogP contribution in [0.4, 0.5) is 0 Å². The lowest BCUT2D eigenvalue weighted by Crippen LogP contribution is -2.57. The van der Waals surface area contributed by atoms with E-state index in [2.05, 4.69) is 10.3 Å². The summed E-state index contributed by atoms with van der Waals surface area (Å²) >= 11 is 1.51. The number of rotatable bonds is 7. The minimum Gasteiger partial charge on any atom is -0.488 e. The van der Waals surface area contributed by atoms with Gasteiger partial charge in [-0.1, -0.05) is 0 Å². The van der Waals surface area contributed by atoms with Gasteiger partial charge in [0, 0.05) is 5.39 Å². The van der Waals surface area contributed by atoms with Gasteiger partial charge in [0.1, 0.15) is 29.2 Å². The first-order chi connectivity index (χ1) is 13.2. The highest BCUT2D eigenvalue weighted by atomic mass is 32.1. The molecule has 0 aliphatic rings. The molecule has 28 heavy (non-hydrogen) atoms. The predicted octanol–water partition coefficient (Wildman–Crippen LogP) is 2.05. The number of carbonyl (C=O) groups is 2. The van der Waals surface area contributed by atoms with E-state index in [1.54, 1.807) is 30.6 Å². The van der Waals surface area contributed by atoms with Gasteiger partial charge in [0.25, 0.3) is 5.91 Å². The van der Waals surface area contributed by atoms with Crippen LogP contribution in [0.2, 0.25) is 0 Å². The Bertz CT molecular complexity index is 1040. The summed E-state index contributed by atoms with van der Waals surface area (Å²) in [6.07, 6.45) is 0. The lowest BCUT2D eigenvalue weighted by Gasteiger charge is -2.24. The molecular weight excluding hydrogens is 382 g/mol. The topological polar surface area (TPSA) is 128 Å². The Labute approximate surface area is 165 Å². The Morgan fingerprint density at radius 3 is 2.75 bits per heavy atom. The Kier molecular flexibility index (Phi) is 5.39. The fourth-order valence-electron chi connectivity index (χ4n) is 2.68. The van der Waals surface area contributed by atoms with Gasteiger partial charge >= 0.3 is 0 Å². The van der Waals surface area contributed by atoms with E-state index >= 15 is 0 Å². The zero-order chi connectivity index (χ0) is 20.5. The third kappa shape index (κ3) is 3.71. The minimum absolute atomic E-state index is 0.260. The number of nitrogens with zero attached hydrogens (tertiary/aromatic N) is 1. The SMILES string of the molecule is Cc1ncsc1COc1ccc2oc(C)c(C(=O)NC(C)(CO)C(N)=O)c2c1. The zero-order valence-electron chi connectivity index (χ0n) is 15.7. The summed E-state index contributed by atoms with van der Waals surface area (Å²) in [4.78, 5) is 29.6. The molecule has 0 saturated carbocycles. The third-order valence-corrected chi connectivity index (χ3v) is 5.44. The summed E-state index contributed by atoms with van der Waals surface area (Å²) in [5.41, 5.74) is 7.16. The van der Waals surface area contributed by atoms with Crippen molar-refractivity contribution >= 4 is 34.1 Å². The number of thiazole rings is 1. The Balaban J connectivity index is 1.90. The van der Waals surface area contributed by atoms with Gasteiger partial charge in [-0.2, -0.15) is 0 Å². The van der Waals surface area contributed by atoms with Crippen LogP contribution in [0.5, 0.6) is 5.75 Å². The molecule has 0 fully saturated rings. The first kappa shape index (κ1) is 19.8. The third-order valence-electron chi connectivity index (χ3n) is 4.53. The maximum absolute atomic E-state index is 12.8. The monoisotopic (exact) mass is 403 g/mol. The second-order valence-electron chi connectivity index (χ2n) is 6.65. The molecule has 1 aromatic carbocycles. The van der Waals surface area contributed by atoms with E-state index in [-0.39, 0.29) is 5.56 Å². The zero-order valence-corrected chi connectivity index (χ0v) is 16.6. The van der Waals surface area contributed by atoms with Gasteiger partial charge in [0.15, 0.2) is 0 Å². The second kappa shape index (κ2) is 7.61. The van der Waals surface area contributed by atoms with Gasteiger partial charge in [0.2, 0.25) is 5.91 Å². The number of hydrogen-bond acceptors (Lipinski definition) is 7. The number of carbonyl (C=O) groups excluding carboxylic acids is 2. The lowest BCUT2D eigenvalue weighted by molar-refractivity contribution is -0.124. The lowest BCUT2D eigenvalue weighted by atomic mass is 10.0. The van der Waals surface area contributed by atoms with Crippen LogP contribution in [0.15, 0.2) is 28.1 Å². The smallest absolute Gasteiger partial charge is 0.256 e. The van der Waals surface area contributed by atoms with Crippen LogP contribution >= 0.6 is 11.3 Å². The summed E-state index contributed by atoms with van der Waals surface area (Å²) in [5.74, 6) is -0.456. The average molecular weight is 403 g/mol. The molecule has 148 valence electrons. The van der Waals surface area contributed by atoms with Gasteiger partial charge in [-0.05, 0) is 39.0 Å². The molecule has 4 N–H and O–H groups in total. The molecule has 0 saturated heterocycles. The molecule has 2 heterocycles. The molecule has 9 heteroatoms. The average Bonchev–Trinajstić information content (AvgIpc) is 3.20. The summed E-state index contributed by atoms with van der Waals surface area (Å²) in [6.45, 7) is 4.67. The largest absolute Gasteiger partial charge is 0.488 e. The van der Waals surface area contributed by atoms with Crippen LogP contribution in [0.3, 0.4) is 0 Å². The number of nitrogens with one attached hydrogen (secondary N) is 1. The van der Waals surface area contributed by atoms with Crippen molar-refractivity contribution in [2.24, 2.45) is 5.73 Å². The van der Waals surface area contributed by atoms with Gasteiger partial charge < -0.3 is 25.3 Å². The molecule has 1 atom stereocenters. The van der Waals surface area contributed by atoms with Gasteiger partial charge in [-0.25, -0.2) is 4.98 Å². The van der Waals surface area contributed by atoms with Crippen molar-refractivity contribution in [2.75, 3.05) is 6.61 Å². The number of fused-ring (bicyclic) bond motifs is 1. The molecule has 0 bridgehead atoms. The molecule has 8 nitrogen and oxygen atoms in total. The summed E-state index contributed by atoms with van der Waals surface area (Å²) < 4.78 is 11.5. The number of ether oxygens (including phenoxy) is 1. The van der Waals surface area contributed by atoms with Crippen molar-refractivity contribution in [3.05, 3.63) is 45.6 Å². The van der Waals surface area contributed by atoms with Crippen molar-refractivity contribution in [3.63, 3.8) is 0 Å². The molecule has 0 radical (unpaired) electrons. The number of furan rings is 1.